The first-order chi connectivity index (χ1) is 5.80. The Bertz CT molecular complexity index is 192. The number of carbonyl (C=O) groups excluding carboxylic acids is 1. The van der Waals surface area contributed by atoms with Crippen LogP contribution in [-0.2, 0) is 4.79 Å². The van der Waals surface area contributed by atoms with Crippen molar-refractivity contribution in [2.75, 3.05) is 6.54 Å². The third-order valence-corrected chi connectivity index (χ3v) is 1.78. The number of rotatable bonds is 3. The van der Waals surface area contributed by atoms with Crippen molar-refractivity contribution in [2.24, 2.45) is 5.73 Å². The van der Waals surface area contributed by atoms with E-state index in [-0.39, 0.29) is 11.4 Å². The van der Waals surface area contributed by atoms with Crippen LogP contribution in [0.15, 0.2) is 12.7 Å². The average Bonchev–Trinajstić information content (AvgIpc) is 1.96. The molecule has 0 heterocycles. The third-order valence-electron chi connectivity index (χ3n) is 1.78. The lowest BCUT2D eigenvalue weighted by Crippen LogP contribution is -2.51. The highest BCUT2D eigenvalue weighted by molar-refractivity contribution is 5.82. The van der Waals surface area contributed by atoms with Gasteiger partial charge >= 0.3 is 0 Å². The lowest BCUT2D eigenvalue weighted by atomic mass is 10.0. The Morgan fingerprint density at radius 2 is 2.08 bits per heavy atom. The molecule has 3 nitrogen and oxygen atoms in total. The van der Waals surface area contributed by atoms with E-state index in [0.29, 0.717) is 6.54 Å². The van der Waals surface area contributed by atoms with E-state index in [1.54, 1.807) is 17.9 Å². The van der Waals surface area contributed by atoms with Crippen LogP contribution in [0.1, 0.15) is 27.7 Å². The van der Waals surface area contributed by atoms with Gasteiger partial charge in [-0.15, -0.1) is 6.58 Å². The molecule has 0 fully saturated rings. The first-order valence-electron chi connectivity index (χ1n) is 4.48. The maximum absolute atomic E-state index is 11.6. The molecule has 0 rings (SSSR count). The summed E-state index contributed by atoms with van der Waals surface area (Å²) in [7, 11) is 0. The maximum Gasteiger partial charge on any atom is 0.239 e. The van der Waals surface area contributed by atoms with Gasteiger partial charge in [0, 0.05) is 12.1 Å². The van der Waals surface area contributed by atoms with Gasteiger partial charge in [0.05, 0.1) is 6.04 Å². The van der Waals surface area contributed by atoms with Crippen LogP contribution >= 0.6 is 0 Å². The molecule has 0 aliphatic heterocycles. The van der Waals surface area contributed by atoms with Gasteiger partial charge in [0.1, 0.15) is 0 Å². The molecule has 0 aromatic carbocycles. The van der Waals surface area contributed by atoms with E-state index in [1.807, 2.05) is 20.8 Å². The van der Waals surface area contributed by atoms with E-state index in [2.05, 4.69) is 6.58 Å². The lowest BCUT2D eigenvalue weighted by molar-refractivity contribution is -0.136. The standard InChI is InChI=1S/C10H20N2O/c1-6-7-12(10(3,4)5)9(13)8(2)11/h6,8H,1,7,11H2,2-5H3/t8-/m0/s1. The summed E-state index contributed by atoms with van der Waals surface area (Å²) in [5.41, 5.74) is 5.34. The molecule has 0 aromatic rings. The smallest absolute Gasteiger partial charge is 0.239 e. The second-order valence-corrected chi connectivity index (χ2v) is 4.20. The van der Waals surface area contributed by atoms with Crippen molar-refractivity contribution in [1.29, 1.82) is 0 Å². The fraction of sp³-hybridized carbons (Fsp3) is 0.700. The van der Waals surface area contributed by atoms with E-state index < -0.39 is 6.04 Å². The summed E-state index contributed by atoms with van der Waals surface area (Å²) in [6.45, 7) is 11.8. The molecule has 0 saturated carbocycles. The molecule has 1 amide bonds. The highest BCUT2D eigenvalue weighted by Crippen LogP contribution is 2.13. The van der Waals surface area contributed by atoms with E-state index in [9.17, 15) is 4.79 Å². The predicted octanol–water partition coefficient (Wildman–Crippen LogP) is 1.15. The van der Waals surface area contributed by atoms with Crippen LogP contribution in [0.25, 0.3) is 0 Å². The Hall–Kier alpha value is -0.830. The predicted molar refractivity (Wildman–Crippen MR) is 55.3 cm³/mol. The van der Waals surface area contributed by atoms with Gasteiger partial charge in [0.25, 0.3) is 0 Å². The Morgan fingerprint density at radius 3 is 2.31 bits per heavy atom. The second-order valence-electron chi connectivity index (χ2n) is 4.20. The Balaban J connectivity index is 4.61. The van der Waals surface area contributed by atoms with Crippen LogP contribution in [-0.4, -0.2) is 28.9 Å². The summed E-state index contributed by atoms with van der Waals surface area (Å²) in [5.74, 6) is -0.0348. The van der Waals surface area contributed by atoms with Crippen LogP contribution in [0.4, 0.5) is 0 Å². The van der Waals surface area contributed by atoms with Gasteiger partial charge in [-0.25, -0.2) is 0 Å². The molecule has 76 valence electrons. The maximum atomic E-state index is 11.6. The van der Waals surface area contributed by atoms with Crippen LogP contribution in [0.3, 0.4) is 0 Å². The molecule has 3 heteroatoms. The first-order valence-corrected chi connectivity index (χ1v) is 4.48. The molecule has 1 atom stereocenters. The highest BCUT2D eigenvalue weighted by atomic mass is 16.2. The van der Waals surface area contributed by atoms with Crippen LogP contribution in [0.2, 0.25) is 0 Å². The number of hydrogen-bond donors (Lipinski definition) is 1. The SMILES string of the molecule is C=CCN(C(=O)[C@H](C)N)C(C)(C)C. The largest absolute Gasteiger partial charge is 0.333 e. The molecule has 0 saturated heterocycles. The van der Waals surface area contributed by atoms with Crippen molar-refractivity contribution in [3.63, 3.8) is 0 Å². The van der Waals surface area contributed by atoms with Gasteiger partial charge in [-0.3, -0.25) is 4.79 Å². The summed E-state index contributed by atoms with van der Waals surface area (Å²) >= 11 is 0. The quantitative estimate of drug-likeness (QED) is 0.669. The van der Waals surface area contributed by atoms with E-state index in [4.69, 9.17) is 5.73 Å². The normalized spacial score (nSPS) is 13.6. The van der Waals surface area contributed by atoms with Crippen molar-refractivity contribution in [3.8, 4) is 0 Å². The average molecular weight is 184 g/mol. The highest BCUT2D eigenvalue weighted by Gasteiger charge is 2.26. The minimum Gasteiger partial charge on any atom is -0.333 e. The topological polar surface area (TPSA) is 46.3 Å². The molecule has 2 N–H and O–H groups in total. The molecule has 0 aromatic heterocycles. The van der Waals surface area contributed by atoms with Crippen molar-refractivity contribution in [3.05, 3.63) is 12.7 Å². The monoisotopic (exact) mass is 184 g/mol. The molecule has 13 heavy (non-hydrogen) atoms. The van der Waals surface area contributed by atoms with Gasteiger partial charge in [-0.2, -0.15) is 0 Å². The summed E-state index contributed by atoms with van der Waals surface area (Å²) in [5, 5.41) is 0. The summed E-state index contributed by atoms with van der Waals surface area (Å²) in [6, 6.07) is -0.445. The molecule has 0 bridgehead atoms. The van der Waals surface area contributed by atoms with Crippen LogP contribution in [0.5, 0.6) is 0 Å². The minimum atomic E-state index is -0.445. The van der Waals surface area contributed by atoms with Gasteiger partial charge < -0.3 is 10.6 Å². The van der Waals surface area contributed by atoms with E-state index >= 15 is 0 Å². The number of carbonyl (C=O) groups is 1. The fourth-order valence-corrected chi connectivity index (χ4v) is 1.07. The summed E-state index contributed by atoms with van der Waals surface area (Å²) in [4.78, 5) is 13.4. The summed E-state index contributed by atoms with van der Waals surface area (Å²) < 4.78 is 0. The fourth-order valence-electron chi connectivity index (χ4n) is 1.07. The number of hydrogen-bond acceptors (Lipinski definition) is 2. The van der Waals surface area contributed by atoms with Gasteiger partial charge in [-0.1, -0.05) is 6.08 Å². The van der Waals surface area contributed by atoms with Crippen molar-refractivity contribution >= 4 is 5.91 Å². The third kappa shape index (κ3) is 3.59. The molecule has 0 aliphatic rings. The number of nitrogens with two attached hydrogens (primary N) is 1. The molecule has 0 unspecified atom stereocenters. The van der Waals surface area contributed by atoms with Gasteiger partial charge in [0.15, 0.2) is 0 Å². The Labute approximate surface area is 80.6 Å². The Kier molecular flexibility index (Phi) is 4.14. The molecule has 0 radical (unpaired) electrons. The van der Waals surface area contributed by atoms with E-state index in [0.717, 1.165) is 0 Å². The summed E-state index contributed by atoms with van der Waals surface area (Å²) in [6.07, 6.45) is 1.71. The van der Waals surface area contributed by atoms with Crippen LogP contribution in [0, 0.1) is 0 Å². The zero-order valence-electron chi connectivity index (χ0n) is 9.00. The van der Waals surface area contributed by atoms with Crippen molar-refractivity contribution in [2.45, 2.75) is 39.3 Å². The Morgan fingerprint density at radius 1 is 1.62 bits per heavy atom. The van der Waals surface area contributed by atoms with Crippen LogP contribution < -0.4 is 5.73 Å². The molecule has 0 aliphatic carbocycles. The van der Waals surface area contributed by atoms with E-state index in [1.165, 1.54) is 0 Å². The minimum absolute atomic E-state index is 0.0348. The number of nitrogens with zero attached hydrogens (tertiary/aromatic N) is 1. The molecular formula is C10H20N2O. The zero-order chi connectivity index (χ0) is 10.6. The van der Waals surface area contributed by atoms with Gasteiger partial charge in [-0.05, 0) is 27.7 Å². The van der Waals surface area contributed by atoms with Gasteiger partial charge in [0.2, 0.25) is 5.91 Å². The molecular weight excluding hydrogens is 164 g/mol. The first kappa shape index (κ1) is 12.2. The van der Waals surface area contributed by atoms with Crippen molar-refractivity contribution in [1.82, 2.24) is 4.90 Å². The lowest BCUT2D eigenvalue weighted by Gasteiger charge is -2.36. The van der Waals surface area contributed by atoms with Crippen molar-refractivity contribution < 1.29 is 4.79 Å². The zero-order valence-corrected chi connectivity index (χ0v) is 9.00. The number of amides is 1. The molecule has 0 spiro atoms. The second kappa shape index (κ2) is 4.42.